The van der Waals surface area contributed by atoms with Crippen LogP contribution >= 0.6 is 11.6 Å². The fourth-order valence-corrected chi connectivity index (χ4v) is 3.35. The third-order valence-corrected chi connectivity index (χ3v) is 5.03. The summed E-state index contributed by atoms with van der Waals surface area (Å²) in [5.41, 5.74) is 2.06. The average molecular weight is 422 g/mol. The van der Waals surface area contributed by atoms with Crippen molar-refractivity contribution in [1.82, 2.24) is 10.3 Å². The van der Waals surface area contributed by atoms with E-state index in [1.54, 1.807) is 48.5 Å². The van der Waals surface area contributed by atoms with Gasteiger partial charge in [0.2, 0.25) is 0 Å². The summed E-state index contributed by atoms with van der Waals surface area (Å²) in [6, 6.07) is 19.8. The monoisotopic (exact) mass is 421 g/mol. The van der Waals surface area contributed by atoms with Gasteiger partial charge in [-0.05, 0) is 42.0 Å². The number of H-pyrrole nitrogens is 1. The van der Waals surface area contributed by atoms with E-state index >= 15 is 0 Å². The molecule has 1 aromatic heterocycles. The van der Waals surface area contributed by atoms with Crippen LogP contribution in [0.5, 0.6) is 0 Å². The first-order valence-electron chi connectivity index (χ1n) is 9.22. The lowest BCUT2D eigenvalue weighted by Gasteiger charge is -2.09. The lowest BCUT2D eigenvalue weighted by molar-refractivity contribution is 0.0947. The van der Waals surface area contributed by atoms with Crippen molar-refractivity contribution < 1.29 is 14.0 Å². The van der Waals surface area contributed by atoms with Crippen molar-refractivity contribution in [2.45, 2.75) is 6.54 Å². The van der Waals surface area contributed by atoms with Crippen molar-refractivity contribution in [3.63, 3.8) is 0 Å². The molecule has 4 aromatic rings. The van der Waals surface area contributed by atoms with E-state index in [4.69, 9.17) is 11.6 Å². The molecule has 0 fully saturated rings. The number of amides is 2. The number of aromatic amines is 1. The van der Waals surface area contributed by atoms with Crippen LogP contribution in [0.2, 0.25) is 5.02 Å². The van der Waals surface area contributed by atoms with Gasteiger partial charge < -0.3 is 15.6 Å². The molecule has 2 amide bonds. The molecule has 0 saturated heterocycles. The van der Waals surface area contributed by atoms with Gasteiger partial charge in [0, 0.05) is 28.0 Å². The van der Waals surface area contributed by atoms with Crippen LogP contribution in [0.1, 0.15) is 26.4 Å². The number of hydrogen-bond acceptors (Lipinski definition) is 2. The van der Waals surface area contributed by atoms with Crippen LogP contribution in [-0.4, -0.2) is 16.8 Å². The first kappa shape index (κ1) is 19.7. The Morgan fingerprint density at radius 1 is 0.933 bits per heavy atom. The second-order valence-electron chi connectivity index (χ2n) is 6.66. The van der Waals surface area contributed by atoms with Crippen molar-refractivity contribution in [2.24, 2.45) is 0 Å². The van der Waals surface area contributed by atoms with Crippen molar-refractivity contribution in [3.8, 4) is 0 Å². The van der Waals surface area contributed by atoms with Crippen molar-refractivity contribution in [1.29, 1.82) is 0 Å². The molecule has 0 aliphatic rings. The van der Waals surface area contributed by atoms with Crippen molar-refractivity contribution in [2.75, 3.05) is 5.32 Å². The predicted molar refractivity (Wildman–Crippen MR) is 115 cm³/mol. The molecule has 0 atom stereocenters. The number of nitrogens with one attached hydrogen (secondary N) is 3. The molecule has 4 rings (SSSR count). The first-order chi connectivity index (χ1) is 14.5. The van der Waals surface area contributed by atoms with Gasteiger partial charge in [-0.25, -0.2) is 4.39 Å². The van der Waals surface area contributed by atoms with E-state index in [1.807, 2.05) is 6.07 Å². The van der Waals surface area contributed by atoms with Crippen molar-refractivity contribution in [3.05, 3.63) is 100 Å². The molecule has 0 bridgehead atoms. The molecule has 150 valence electrons. The van der Waals surface area contributed by atoms with Crippen LogP contribution in [0, 0.1) is 5.82 Å². The summed E-state index contributed by atoms with van der Waals surface area (Å²) in [4.78, 5) is 28.5. The van der Waals surface area contributed by atoms with E-state index in [1.165, 1.54) is 18.2 Å². The zero-order valence-electron chi connectivity index (χ0n) is 15.7. The molecule has 5 nitrogen and oxygen atoms in total. The molecule has 0 aliphatic heterocycles. The zero-order valence-corrected chi connectivity index (χ0v) is 16.5. The lowest BCUT2D eigenvalue weighted by atomic mass is 10.1. The van der Waals surface area contributed by atoms with Gasteiger partial charge in [-0.15, -0.1) is 0 Å². The number of carbonyl (C=O) groups is 2. The number of hydrogen-bond donors (Lipinski definition) is 3. The number of carbonyl (C=O) groups excluding carboxylic acids is 2. The largest absolute Gasteiger partial charge is 0.349 e. The summed E-state index contributed by atoms with van der Waals surface area (Å²) in [5, 5.41) is 6.47. The Bertz CT molecular complexity index is 1240. The molecule has 0 radical (unpaired) electrons. The average Bonchev–Trinajstić information content (AvgIpc) is 3.11. The van der Waals surface area contributed by atoms with Crippen LogP contribution < -0.4 is 10.6 Å². The maximum Gasteiger partial charge on any atom is 0.270 e. The van der Waals surface area contributed by atoms with E-state index in [0.717, 1.165) is 5.56 Å². The van der Waals surface area contributed by atoms with Gasteiger partial charge >= 0.3 is 0 Å². The van der Waals surface area contributed by atoms with Gasteiger partial charge in [0.15, 0.2) is 0 Å². The Labute approximate surface area is 176 Å². The third-order valence-electron chi connectivity index (χ3n) is 4.66. The number of aromatic nitrogens is 1. The normalized spacial score (nSPS) is 10.7. The maximum absolute atomic E-state index is 13.9. The molecule has 7 heteroatoms. The molecule has 0 saturated carbocycles. The topological polar surface area (TPSA) is 74.0 Å². The summed E-state index contributed by atoms with van der Waals surface area (Å²) in [7, 11) is 0. The van der Waals surface area contributed by atoms with Crippen LogP contribution in [0.3, 0.4) is 0 Å². The van der Waals surface area contributed by atoms with Crippen LogP contribution in [0.4, 0.5) is 10.1 Å². The van der Waals surface area contributed by atoms with E-state index in [0.29, 0.717) is 21.5 Å². The molecule has 0 unspecified atom stereocenters. The molecule has 0 spiro atoms. The van der Waals surface area contributed by atoms with Gasteiger partial charge in [0.25, 0.3) is 11.8 Å². The number of benzene rings is 3. The maximum atomic E-state index is 13.9. The molecule has 3 aromatic carbocycles. The molecule has 30 heavy (non-hydrogen) atoms. The fraction of sp³-hybridized carbons (Fsp3) is 0.0435. The van der Waals surface area contributed by atoms with Gasteiger partial charge in [-0.2, -0.15) is 0 Å². The van der Waals surface area contributed by atoms with Gasteiger partial charge in [-0.3, -0.25) is 9.59 Å². The number of anilines is 1. The van der Waals surface area contributed by atoms with Crippen LogP contribution in [0.15, 0.2) is 72.8 Å². The smallest absolute Gasteiger partial charge is 0.270 e. The highest BCUT2D eigenvalue weighted by Crippen LogP contribution is 2.29. The highest BCUT2D eigenvalue weighted by molar-refractivity contribution is 6.31. The van der Waals surface area contributed by atoms with Gasteiger partial charge in [0.1, 0.15) is 11.5 Å². The number of fused-ring (bicyclic) bond motifs is 1. The fourth-order valence-electron chi connectivity index (χ4n) is 3.15. The van der Waals surface area contributed by atoms with E-state index < -0.39 is 17.6 Å². The molecular formula is C23H17ClFN3O2. The number of rotatable bonds is 5. The second kappa shape index (κ2) is 8.39. The van der Waals surface area contributed by atoms with Gasteiger partial charge in [0.05, 0.1) is 5.69 Å². The predicted octanol–water partition coefficient (Wildman–Crippen LogP) is 5.14. The molecular weight excluding hydrogens is 405 g/mol. The SMILES string of the molecule is O=C(Nc1c(C(=O)NCc2ccccc2Cl)[nH]c2ccc(F)cc12)c1ccccc1. The Balaban J connectivity index is 1.66. The highest BCUT2D eigenvalue weighted by atomic mass is 35.5. The molecule has 0 aliphatic carbocycles. The van der Waals surface area contributed by atoms with E-state index in [-0.39, 0.29) is 17.9 Å². The number of halogens is 2. The molecule has 3 N–H and O–H groups in total. The Morgan fingerprint density at radius 3 is 2.43 bits per heavy atom. The lowest BCUT2D eigenvalue weighted by Crippen LogP contribution is -2.25. The highest BCUT2D eigenvalue weighted by Gasteiger charge is 2.21. The van der Waals surface area contributed by atoms with E-state index in [9.17, 15) is 14.0 Å². The summed E-state index contributed by atoms with van der Waals surface area (Å²) in [5.74, 6) is -1.32. The summed E-state index contributed by atoms with van der Waals surface area (Å²) in [6.07, 6.45) is 0. The van der Waals surface area contributed by atoms with E-state index in [2.05, 4.69) is 15.6 Å². The van der Waals surface area contributed by atoms with Crippen molar-refractivity contribution >= 4 is 40.0 Å². The minimum Gasteiger partial charge on any atom is -0.349 e. The Hall–Kier alpha value is -3.64. The van der Waals surface area contributed by atoms with Crippen LogP contribution in [-0.2, 0) is 6.54 Å². The molecule has 1 heterocycles. The third kappa shape index (κ3) is 4.04. The summed E-state index contributed by atoms with van der Waals surface area (Å²) >= 11 is 6.15. The summed E-state index contributed by atoms with van der Waals surface area (Å²) in [6.45, 7) is 0.203. The minimum atomic E-state index is -0.472. The van der Waals surface area contributed by atoms with Gasteiger partial charge in [-0.1, -0.05) is 48.0 Å². The standard InChI is InChI=1S/C23H17ClFN3O2/c24-18-9-5-4-8-15(18)13-26-23(30)21-20(17-12-16(25)10-11-19(17)27-21)28-22(29)14-6-2-1-3-7-14/h1-12,27H,13H2,(H,26,30)(H,28,29). The second-order valence-corrected chi connectivity index (χ2v) is 7.07. The zero-order chi connectivity index (χ0) is 21.1. The summed E-state index contributed by atoms with van der Waals surface area (Å²) < 4.78 is 13.9. The Kier molecular flexibility index (Phi) is 5.50. The van der Waals surface area contributed by atoms with Crippen LogP contribution in [0.25, 0.3) is 10.9 Å². The minimum absolute atomic E-state index is 0.131. The Morgan fingerprint density at radius 2 is 1.67 bits per heavy atom. The quantitative estimate of drug-likeness (QED) is 0.417. The first-order valence-corrected chi connectivity index (χ1v) is 9.60.